The topological polar surface area (TPSA) is 92.4 Å². The van der Waals surface area contributed by atoms with Gasteiger partial charge in [0.2, 0.25) is 5.76 Å². The zero-order valence-corrected chi connectivity index (χ0v) is 10.3. The van der Waals surface area contributed by atoms with Crippen LogP contribution in [0, 0.1) is 0 Å². The van der Waals surface area contributed by atoms with Crippen molar-refractivity contribution in [3.63, 3.8) is 0 Å². The SMILES string of the molecule is CC(C)c1cc(C(=O)NC(C)(C)C(=O)O)on1. The zero-order chi connectivity index (χ0) is 13.2. The molecule has 94 valence electrons. The van der Waals surface area contributed by atoms with Gasteiger partial charge in [-0.05, 0) is 19.8 Å². The molecule has 0 radical (unpaired) electrons. The summed E-state index contributed by atoms with van der Waals surface area (Å²) in [5.41, 5.74) is -0.690. The number of carboxylic acid groups (broad SMARTS) is 1. The molecule has 1 rings (SSSR count). The normalized spacial score (nSPS) is 11.6. The van der Waals surface area contributed by atoms with E-state index in [-0.39, 0.29) is 11.7 Å². The number of carbonyl (C=O) groups excluding carboxylic acids is 1. The minimum atomic E-state index is -1.35. The van der Waals surface area contributed by atoms with Crippen LogP contribution < -0.4 is 5.32 Å². The van der Waals surface area contributed by atoms with Crippen LogP contribution >= 0.6 is 0 Å². The van der Waals surface area contributed by atoms with E-state index in [1.54, 1.807) is 0 Å². The molecule has 0 saturated heterocycles. The molecular weight excluding hydrogens is 224 g/mol. The highest BCUT2D eigenvalue weighted by Crippen LogP contribution is 2.14. The maximum absolute atomic E-state index is 11.7. The number of hydrogen-bond acceptors (Lipinski definition) is 4. The monoisotopic (exact) mass is 240 g/mol. The van der Waals surface area contributed by atoms with Gasteiger partial charge >= 0.3 is 5.97 Å². The molecule has 1 amide bonds. The number of carbonyl (C=O) groups is 2. The summed E-state index contributed by atoms with van der Waals surface area (Å²) in [5, 5.41) is 14.9. The van der Waals surface area contributed by atoms with Gasteiger partial charge in [-0.1, -0.05) is 19.0 Å². The van der Waals surface area contributed by atoms with Crippen molar-refractivity contribution in [2.75, 3.05) is 0 Å². The Balaban J connectivity index is 2.80. The molecule has 6 nitrogen and oxygen atoms in total. The van der Waals surface area contributed by atoms with Gasteiger partial charge in [-0.25, -0.2) is 4.79 Å². The standard InChI is InChI=1S/C11H16N2O4/c1-6(2)7-5-8(17-13-7)9(14)12-11(3,4)10(15)16/h5-6H,1-4H3,(H,12,14)(H,15,16). The van der Waals surface area contributed by atoms with E-state index in [9.17, 15) is 9.59 Å². The van der Waals surface area contributed by atoms with Crippen molar-refractivity contribution >= 4 is 11.9 Å². The lowest BCUT2D eigenvalue weighted by Crippen LogP contribution is -2.49. The molecule has 1 aromatic rings. The quantitative estimate of drug-likeness (QED) is 0.829. The smallest absolute Gasteiger partial charge is 0.328 e. The van der Waals surface area contributed by atoms with Gasteiger partial charge in [0, 0.05) is 6.07 Å². The lowest BCUT2D eigenvalue weighted by molar-refractivity contribution is -0.143. The molecular formula is C11H16N2O4. The van der Waals surface area contributed by atoms with E-state index in [1.807, 2.05) is 13.8 Å². The van der Waals surface area contributed by atoms with E-state index < -0.39 is 17.4 Å². The molecule has 17 heavy (non-hydrogen) atoms. The summed E-state index contributed by atoms with van der Waals surface area (Å²) in [4.78, 5) is 22.5. The number of aromatic nitrogens is 1. The third-order valence-corrected chi connectivity index (χ3v) is 2.30. The van der Waals surface area contributed by atoms with Crippen molar-refractivity contribution in [3.8, 4) is 0 Å². The fourth-order valence-corrected chi connectivity index (χ4v) is 1.07. The van der Waals surface area contributed by atoms with E-state index in [1.165, 1.54) is 19.9 Å². The Hall–Kier alpha value is -1.85. The molecule has 0 atom stereocenters. The summed E-state index contributed by atoms with van der Waals surface area (Å²) in [6, 6.07) is 1.51. The minimum absolute atomic E-state index is 0.0167. The maximum Gasteiger partial charge on any atom is 0.328 e. The Morgan fingerprint density at radius 2 is 2.06 bits per heavy atom. The van der Waals surface area contributed by atoms with E-state index in [0.29, 0.717) is 5.69 Å². The van der Waals surface area contributed by atoms with E-state index >= 15 is 0 Å². The molecule has 0 spiro atoms. The van der Waals surface area contributed by atoms with Crippen LogP contribution in [0.2, 0.25) is 0 Å². The Labute approximate surface area is 99.0 Å². The zero-order valence-electron chi connectivity index (χ0n) is 10.3. The van der Waals surface area contributed by atoms with Crippen molar-refractivity contribution in [2.45, 2.75) is 39.2 Å². The van der Waals surface area contributed by atoms with Gasteiger partial charge in [0.15, 0.2) is 0 Å². The highest BCUT2D eigenvalue weighted by Gasteiger charge is 2.30. The largest absolute Gasteiger partial charge is 0.480 e. The molecule has 0 bridgehead atoms. The molecule has 6 heteroatoms. The number of aliphatic carboxylic acids is 1. The van der Waals surface area contributed by atoms with Gasteiger partial charge in [0.05, 0.1) is 5.69 Å². The van der Waals surface area contributed by atoms with Crippen LogP contribution in [0.1, 0.15) is 49.9 Å². The fraction of sp³-hybridized carbons (Fsp3) is 0.545. The number of hydrogen-bond donors (Lipinski definition) is 2. The third-order valence-electron chi connectivity index (χ3n) is 2.30. The molecule has 0 unspecified atom stereocenters. The Morgan fingerprint density at radius 1 is 1.47 bits per heavy atom. The van der Waals surface area contributed by atoms with Crippen molar-refractivity contribution in [2.24, 2.45) is 0 Å². The van der Waals surface area contributed by atoms with Gasteiger partial charge in [-0.2, -0.15) is 0 Å². The molecule has 0 aliphatic heterocycles. The molecule has 0 aliphatic rings. The number of rotatable bonds is 4. The molecule has 0 saturated carbocycles. The lowest BCUT2D eigenvalue weighted by atomic mass is 10.1. The maximum atomic E-state index is 11.7. The van der Waals surface area contributed by atoms with Crippen molar-refractivity contribution in [1.82, 2.24) is 10.5 Å². The minimum Gasteiger partial charge on any atom is -0.480 e. The predicted octanol–water partition coefficient (Wildman–Crippen LogP) is 1.39. The molecule has 0 fully saturated rings. The van der Waals surface area contributed by atoms with Gasteiger partial charge < -0.3 is 14.9 Å². The number of carboxylic acids is 1. The van der Waals surface area contributed by atoms with Gasteiger partial charge in [0.1, 0.15) is 5.54 Å². The average molecular weight is 240 g/mol. The summed E-state index contributed by atoms with van der Waals surface area (Å²) in [6.07, 6.45) is 0. The molecule has 0 aromatic carbocycles. The highest BCUT2D eigenvalue weighted by molar-refractivity contribution is 5.95. The van der Waals surface area contributed by atoms with Gasteiger partial charge in [0.25, 0.3) is 5.91 Å². The molecule has 2 N–H and O–H groups in total. The van der Waals surface area contributed by atoms with Gasteiger partial charge in [-0.15, -0.1) is 0 Å². The van der Waals surface area contributed by atoms with Crippen LogP contribution in [0.25, 0.3) is 0 Å². The van der Waals surface area contributed by atoms with Crippen LogP contribution in [-0.2, 0) is 4.79 Å². The summed E-state index contributed by atoms with van der Waals surface area (Å²) >= 11 is 0. The van der Waals surface area contributed by atoms with E-state index in [0.717, 1.165) is 0 Å². The van der Waals surface area contributed by atoms with Crippen molar-refractivity contribution in [1.29, 1.82) is 0 Å². The lowest BCUT2D eigenvalue weighted by Gasteiger charge is -2.19. The Morgan fingerprint density at radius 3 is 2.47 bits per heavy atom. The fourth-order valence-electron chi connectivity index (χ4n) is 1.07. The second-order valence-corrected chi connectivity index (χ2v) is 4.66. The first-order valence-electron chi connectivity index (χ1n) is 5.26. The predicted molar refractivity (Wildman–Crippen MR) is 59.8 cm³/mol. The second-order valence-electron chi connectivity index (χ2n) is 4.66. The number of nitrogens with zero attached hydrogens (tertiary/aromatic N) is 1. The third kappa shape index (κ3) is 3.05. The first kappa shape index (κ1) is 13.2. The summed E-state index contributed by atoms with van der Waals surface area (Å²) < 4.78 is 4.86. The van der Waals surface area contributed by atoms with Crippen LogP contribution in [-0.4, -0.2) is 27.7 Å². The summed E-state index contributed by atoms with van der Waals surface area (Å²) in [6.45, 7) is 6.63. The Kier molecular flexibility index (Phi) is 3.55. The van der Waals surface area contributed by atoms with E-state index in [2.05, 4.69) is 10.5 Å². The Bertz CT molecular complexity index is 434. The first-order chi connectivity index (χ1) is 7.74. The first-order valence-corrected chi connectivity index (χ1v) is 5.26. The summed E-state index contributed by atoms with van der Waals surface area (Å²) in [7, 11) is 0. The number of nitrogens with one attached hydrogen (secondary N) is 1. The van der Waals surface area contributed by atoms with Crippen molar-refractivity contribution in [3.05, 3.63) is 17.5 Å². The summed E-state index contributed by atoms with van der Waals surface area (Å²) in [5.74, 6) is -1.54. The van der Waals surface area contributed by atoms with Gasteiger partial charge in [-0.3, -0.25) is 4.79 Å². The number of amides is 1. The van der Waals surface area contributed by atoms with Crippen LogP contribution in [0.5, 0.6) is 0 Å². The van der Waals surface area contributed by atoms with Crippen LogP contribution in [0.3, 0.4) is 0 Å². The highest BCUT2D eigenvalue weighted by atomic mass is 16.5. The van der Waals surface area contributed by atoms with Crippen LogP contribution in [0.4, 0.5) is 0 Å². The molecule has 0 aliphatic carbocycles. The van der Waals surface area contributed by atoms with E-state index in [4.69, 9.17) is 9.63 Å². The van der Waals surface area contributed by atoms with Crippen LogP contribution in [0.15, 0.2) is 10.6 Å². The second kappa shape index (κ2) is 4.57. The molecule has 1 aromatic heterocycles. The molecule has 1 heterocycles. The average Bonchev–Trinajstić information content (AvgIpc) is 2.65. The van der Waals surface area contributed by atoms with Crippen molar-refractivity contribution < 1.29 is 19.2 Å².